The van der Waals surface area contributed by atoms with Crippen molar-refractivity contribution in [2.75, 3.05) is 40.3 Å². The highest BCUT2D eigenvalue weighted by atomic mass is 16.5. The second-order valence-electron chi connectivity index (χ2n) is 6.80. The average Bonchev–Trinajstić information content (AvgIpc) is 2.68. The van der Waals surface area contributed by atoms with Crippen LogP contribution >= 0.6 is 0 Å². The number of hydrogen-bond donors (Lipinski definition) is 3. The van der Waals surface area contributed by atoms with Gasteiger partial charge in [-0.2, -0.15) is 0 Å². The zero-order chi connectivity index (χ0) is 19.6. The lowest BCUT2D eigenvalue weighted by Crippen LogP contribution is -3.09. The fourth-order valence-corrected chi connectivity index (χ4v) is 2.85. The number of carbonyl (C=O) groups is 2. The van der Waals surface area contributed by atoms with Crippen LogP contribution in [0.5, 0.6) is 5.75 Å². The van der Waals surface area contributed by atoms with Gasteiger partial charge in [0, 0.05) is 6.42 Å². The standard InChI is InChI=1S/C20H30N4O3/c1-4-5-13-23(2)14-12-21-19(25)15-24-20(26)11-10-18(22-24)16-6-8-17(27-3)9-7-16/h6-10,22H,4-5,11-15H2,1-3H3,(H,21,25)/p+1. The van der Waals surface area contributed by atoms with Gasteiger partial charge in [0.1, 0.15) is 12.3 Å². The first kappa shape index (κ1) is 20.8. The number of likely N-dealkylation sites (N-methyl/N-ethyl adjacent to an activating group) is 1. The van der Waals surface area contributed by atoms with Gasteiger partial charge in [-0.25, -0.2) is 5.01 Å². The van der Waals surface area contributed by atoms with Crippen LogP contribution in [-0.2, 0) is 9.59 Å². The average molecular weight is 375 g/mol. The van der Waals surface area contributed by atoms with Gasteiger partial charge in [0.05, 0.1) is 39.5 Å². The Balaban J connectivity index is 1.82. The molecule has 0 radical (unpaired) electrons. The van der Waals surface area contributed by atoms with Crippen LogP contribution in [0.2, 0.25) is 0 Å². The Morgan fingerprint density at radius 2 is 2.04 bits per heavy atom. The van der Waals surface area contributed by atoms with Crippen LogP contribution in [0.25, 0.3) is 5.70 Å². The first-order valence-corrected chi connectivity index (χ1v) is 9.53. The molecule has 1 aliphatic heterocycles. The van der Waals surface area contributed by atoms with Crippen LogP contribution in [0.3, 0.4) is 0 Å². The van der Waals surface area contributed by atoms with Crippen molar-refractivity contribution in [1.82, 2.24) is 15.8 Å². The molecular formula is C20H31N4O3+. The van der Waals surface area contributed by atoms with E-state index in [0.29, 0.717) is 6.54 Å². The van der Waals surface area contributed by atoms with Crippen molar-refractivity contribution < 1.29 is 19.2 Å². The van der Waals surface area contributed by atoms with Gasteiger partial charge in [0.15, 0.2) is 0 Å². The van der Waals surface area contributed by atoms with E-state index in [1.807, 2.05) is 30.3 Å². The van der Waals surface area contributed by atoms with Crippen molar-refractivity contribution in [3.63, 3.8) is 0 Å². The van der Waals surface area contributed by atoms with Gasteiger partial charge < -0.3 is 15.0 Å². The minimum atomic E-state index is -0.157. The number of rotatable bonds is 10. The molecule has 2 rings (SSSR count). The molecule has 1 atom stereocenters. The molecule has 1 aromatic carbocycles. The summed E-state index contributed by atoms with van der Waals surface area (Å²) in [6, 6.07) is 7.56. The third-order valence-corrected chi connectivity index (χ3v) is 4.57. The molecule has 0 saturated heterocycles. The number of hydrogen-bond acceptors (Lipinski definition) is 4. The molecule has 0 fully saturated rings. The largest absolute Gasteiger partial charge is 0.497 e. The van der Waals surface area contributed by atoms with Gasteiger partial charge in [-0.3, -0.25) is 15.0 Å². The lowest BCUT2D eigenvalue weighted by Gasteiger charge is -2.29. The smallest absolute Gasteiger partial charge is 0.245 e. The molecule has 1 aromatic rings. The number of hydrazine groups is 1. The number of carbonyl (C=O) groups excluding carboxylic acids is 2. The van der Waals surface area contributed by atoms with Gasteiger partial charge >= 0.3 is 0 Å². The summed E-state index contributed by atoms with van der Waals surface area (Å²) in [5.41, 5.74) is 4.81. The summed E-state index contributed by atoms with van der Waals surface area (Å²) in [4.78, 5) is 25.7. The molecule has 0 spiro atoms. The highest BCUT2D eigenvalue weighted by Crippen LogP contribution is 2.20. The highest BCUT2D eigenvalue weighted by molar-refractivity contribution is 5.88. The summed E-state index contributed by atoms with van der Waals surface area (Å²) in [7, 11) is 3.75. The van der Waals surface area contributed by atoms with Crippen LogP contribution < -0.4 is 20.4 Å². The second kappa shape index (κ2) is 10.6. The van der Waals surface area contributed by atoms with Crippen LogP contribution in [0.15, 0.2) is 30.3 Å². The van der Waals surface area contributed by atoms with Crippen molar-refractivity contribution in [3.05, 3.63) is 35.9 Å². The quantitative estimate of drug-likeness (QED) is 0.546. The fraction of sp³-hybridized carbons (Fsp3) is 0.500. The van der Waals surface area contributed by atoms with E-state index in [2.05, 4.69) is 24.7 Å². The minimum absolute atomic E-state index is 0.000333. The first-order chi connectivity index (χ1) is 13.0. The van der Waals surface area contributed by atoms with E-state index in [-0.39, 0.29) is 24.8 Å². The third kappa shape index (κ3) is 6.60. The SMILES string of the molecule is CCCC[NH+](C)CCNC(=O)CN1NC(c2ccc(OC)cc2)=CCC1=O. The molecule has 148 valence electrons. The zero-order valence-corrected chi connectivity index (χ0v) is 16.5. The second-order valence-corrected chi connectivity index (χ2v) is 6.80. The van der Waals surface area contributed by atoms with Crippen molar-refractivity contribution in [1.29, 1.82) is 0 Å². The van der Waals surface area contributed by atoms with E-state index < -0.39 is 0 Å². The monoisotopic (exact) mass is 375 g/mol. The van der Waals surface area contributed by atoms with E-state index in [4.69, 9.17) is 4.74 Å². The maximum Gasteiger partial charge on any atom is 0.245 e. The molecule has 0 aliphatic carbocycles. The van der Waals surface area contributed by atoms with Crippen LogP contribution in [0, 0.1) is 0 Å². The molecule has 1 aliphatic rings. The van der Waals surface area contributed by atoms with E-state index >= 15 is 0 Å². The number of ether oxygens (including phenoxy) is 1. The third-order valence-electron chi connectivity index (χ3n) is 4.57. The fourth-order valence-electron chi connectivity index (χ4n) is 2.85. The molecule has 2 amide bonds. The van der Waals surface area contributed by atoms with Gasteiger partial charge in [0.2, 0.25) is 11.8 Å². The molecule has 3 N–H and O–H groups in total. The Kier molecular flexibility index (Phi) is 8.13. The summed E-state index contributed by atoms with van der Waals surface area (Å²) in [6.07, 6.45) is 4.47. The van der Waals surface area contributed by atoms with Gasteiger partial charge in [-0.05, 0) is 42.3 Å². The topological polar surface area (TPSA) is 75.1 Å². The predicted molar refractivity (Wildman–Crippen MR) is 105 cm³/mol. The molecule has 1 heterocycles. The van der Waals surface area contributed by atoms with Gasteiger partial charge in [0.25, 0.3) is 0 Å². The first-order valence-electron chi connectivity index (χ1n) is 9.53. The van der Waals surface area contributed by atoms with Crippen LogP contribution in [0.4, 0.5) is 0 Å². The Morgan fingerprint density at radius 1 is 1.30 bits per heavy atom. The van der Waals surface area contributed by atoms with Crippen molar-refractivity contribution >= 4 is 17.5 Å². The summed E-state index contributed by atoms with van der Waals surface area (Å²) in [6.45, 7) is 4.77. The number of benzene rings is 1. The van der Waals surface area contributed by atoms with Crippen LogP contribution in [-0.4, -0.2) is 57.2 Å². The lowest BCUT2D eigenvalue weighted by atomic mass is 10.1. The molecule has 1 unspecified atom stereocenters. The molecule has 0 saturated carbocycles. The number of amides is 2. The molecule has 7 heteroatoms. The van der Waals surface area contributed by atoms with Gasteiger partial charge in [-0.1, -0.05) is 13.3 Å². The maximum atomic E-state index is 12.2. The summed E-state index contributed by atoms with van der Waals surface area (Å²) in [5, 5.41) is 4.28. The molecule has 0 bridgehead atoms. The number of quaternary nitrogens is 1. The van der Waals surface area contributed by atoms with Gasteiger partial charge in [-0.15, -0.1) is 0 Å². The molecular weight excluding hydrogens is 344 g/mol. The van der Waals surface area contributed by atoms with Crippen molar-refractivity contribution in [2.45, 2.75) is 26.2 Å². The predicted octanol–water partition coefficient (Wildman–Crippen LogP) is 0.204. The Hall–Kier alpha value is -2.54. The minimum Gasteiger partial charge on any atom is -0.497 e. The van der Waals surface area contributed by atoms with E-state index in [9.17, 15) is 9.59 Å². The molecule has 0 aromatic heterocycles. The van der Waals surface area contributed by atoms with E-state index in [0.717, 1.165) is 30.1 Å². The lowest BCUT2D eigenvalue weighted by molar-refractivity contribution is -0.878. The Labute approximate surface area is 161 Å². The number of nitrogens with one attached hydrogen (secondary N) is 3. The van der Waals surface area contributed by atoms with E-state index in [1.54, 1.807) is 7.11 Å². The maximum absolute atomic E-state index is 12.2. The Bertz CT molecular complexity index is 658. The Morgan fingerprint density at radius 3 is 2.70 bits per heavy atom. The molecule has 27 heavy (non-hydrogen) atoms. The number of methoxy groups -OCH3 is 1. The number of unbranched alkanes of at least 4 members (excludes halogenated alkanes) is 1. The summed E-state index contributed by atoms with van der Waals surface area (Å²) in [5.74, 6) is 0.497. The van der Waals surface area contributed by atoms with E-state index in [1.165, 1.54) is 22.8 Å². The number of nitrogens with zero attached hydrogens (tertiary/aromatic N) is 1. The summed E-state index contributed by atoms with van der Waals surface area (Å²) < 4.78 is 5.16. The van der Waals surface area contributed by atoms with Crippen LogP contribution in [0.1, 0.15) is 31.7 Å². The normalized spacial score (nSPS) is 15.0. The zero-order valence-electron chi connectivity index (χ0n) is 16.5. The highest BCUT2D eigenvalue weighted by Gasteiger charge is 2.22. The van der Waals surface area contributed by atoms with Crippen molar-refractivity contribution in [2.24, 2.45) is 0 Å². The molecule has 7 nitrogen and oxygen atoms in total. The summed E-state index contributed by atoms with van der Waals surface area (Å²) >= 11 is 0. The van der Waals surface area contributed by atoms with Crippen molar-refractivity contribution in [3.8, 4) is 5.75 Å².